The van der Waals surface area contributed by atoms with Gasteiger partial charge in [-0.3, -0.25) is 0 Å². The highest BCUT2D eigenvalue weighted by Gasteiger charge is 2.22. The third-order valence-electron chi connectivity index (χ3n) is 3.24. The fourth-order valence-corrected chi connectivity index (χ4v) is 2.72. The molecule has 2 aromatic heterocycles. The van der Waals surface area contributed by atoms with Gasteiger partial charge in [0.25, 0.3) is 0 Å². The molecule has 0 aliphatic carbocycles. The van der Waals surface area contributed by atoms with Gasteiger partial charge in [-0.1, -0.05) is 30.3 Å². The van der Waals surface area contributed by atoms with Crippen molar-refractivity contribution in [2.45, 2.75) is 6.92 Å². The fraction of sp³-hybridized carbons (Fsp3) is 0.125. The number of benzene rings is 1. The first kappa shape index (κ1) is 14.6. The molecule has 0 spiro atoms. The monoisotopic (exact) mass is 360 g/mol. The lowest BCUT2D eigenvalue weighted by Crippen LogP contribution is -2.08. The highest BCUT2D eigenvalue weighted by atomic mass is 79.9. The maximum Gasteiger partial charge on any atom is 0.360 e. The molecule has 3 rings (SSSR count). The van der Waals surface area contributed by atoms with E-state index in [4.69, 9.17) is 4.74 Å². The Bertz CT molecular complexity index is 843. The van der Waals surface area contributed by atoms with Gasteiger partial charge in [0.15, 0.2) is 11.4 Å². The van der Waals surface area contributed by atoms with Crippen LogP contribution in [0.15, 0.2) is 41.0 Å². The average Bonchev–Trinajstić information content (AvgIpc) is 2.91. The lowest BCUT2D eigenvalue weighted by Gasteiger charge is -2.09. The third kappa shape index (κ3) is 2.46. The normalized spacial score (nSPS) is 10.8. The van der Waals surface area contributed by atoms with Crippen LogP contribution in [0.25, 0.3) is 22.2 Å². The van der Waals surface area contributed by atoms with Crippen LogP contribution in [0.5, 0.6) is 5.75 Å². The number of halogens is 1. The highest BCUT2D eigenvalue weighted by Crippen LogP contribution is 2.36. The maximum atomic E-state index is 12.0. The molecule has 1 aromatic carbocycles. The molecule has 112 valence electrons. The van der Waals surface area contributed by atoms with Crippen molar-refractivity contribution in [3.63, 3.8) is 0 Å². The number of hydrogen-bond acceptors (Lipinski definition) is 4. The minimum atomic E-state index is -0.642. The summed E-state index contributed by atoms with van der Waals surface area (Å²) in [6.45, 7) is 1.92. The molecule has 2 heterocycles. The van der Waals surface area contributed by atoms with Crippen molar-refractivity contribution in [1.29, 1.82) is 0 Å². The highest BCUT2D eigenvalue weighted by molar-refractivity contribution is 9.10. The van der Waals surface area contributed by atoms with E-state index in [0.717, 1.165) is 5.56 Å². The molecule has 0 aliphatic rings. The third-order valence-corrected chi connectivity index (χ3v) is 3.67. The Morgan fingerprint density at radius 1 is 1.36 bits per heavy atom. The van der Waals surface area contributed by atoms with Crippen molar-refractivity contribution in [1.82, 2.24) is 9.97 Å². The van der Waals surface area contributed by atoms with Gasteiger partial charge >= 0.3 is 5.97 Å². The number of nitrogens with zero attached hydrogens (tertiary/aromatic N) is 1. The van der Waals surface area contributed by atoms with Crippen LogP contribution in [0.3, 0.4) is 0 Å². The van der Waals surface area contributed by atoms with Gasteiger partial charge in [-0.25, -0.2) is 9.78 Å². The summed E-state index contributed by atoms with van der Waals surface area (Å²) in [5, 5.41) is 10.8. The Balaban J connectivity index is 2.31. The smallest absolute Gasteiger partial charge is 0.360 e. The van der Waals surface area contributed by atoms with Gasteiger partial charge in [-0.15, -0.1) is 0 Å². The summed E-state index contributed by atoms with van der Waals surface area (Å²) in [5.74, 6) is -0.827. The zero-order chi connectivity index (χ0) is 15.7. The quantitative estimate of drug-likeness (QED) is 0.695. The summed E-state index contributed by atoms with van der Waals surface area (Å²) in [6.07, 6.45) is 0. The Labute approximate surface area is 135 Å². The largest absolute Gasteiger partial charge is 0.505 e. The number of hydrogen-bond donors (Lipinski definition) is 2. The van der Waals surface area contributed by atoms with E-state index in [2.05, 4.69) is 25.9 Å². The molecule has 0 saturated carbocycles. The van der Waals surface area contributed by atoms with Gasteiger partial charge in [0.2, 0.25) is 0 Å². The molecule has 0 amide bonds. The summed E-state index contributed by atoms with van der Waals surface area (Å²) in [7, 11) is 0. The Hall–Kier alpha value is -2.34. The Morgan fingerprint density at radius 3 is 2.77 bits per heavy atom. The van der Waals surface area contributed by atoms with E-state index < -0.39 is 5.97 Å². The molecule has 0 fully saturated rings. The number of fused-ring (bicyclic) bond motifs is 1. The van der Waals surface area contributed by atoms with Crippen LogP contribution >= 0.6 is 15.9 Å². The number of H-pyrrole nitrogens is 1. The van der Waals surface area contributed by atoms with Crippen molar-refractivity contribution in [3.8, 4) is 17.0 Å². The van der Waals surface area contributed by atoms with Gasteiger partial charge in [0, 0.05) is 10.9 Å². The van der Waals surface area contributed by atoms with E-state index in [0.29, 0.717) is 21.2 Å². The van der Waals surface area contributed by atoms with E-state index in [1.807, 2.05) is 30.3 Å². The number of carbonyl (C=O) groups is 1. The predicted octanol–water partition coefficient (Wildman–Crippen LogP) is 3.87. The van der Waals surface area contributed by atoms with Gasteiger partial charge in [-0.05, 0) is 28.9 Å². The molecular formula is C16H13BrN2O3. The fourth-order valence-electron chi connectivity index (χ4n) is 2.29. The maximum absolute atomic E-state index is 12.0. The molecular weight excluding hydrogens is 348 g/mol. The van der Waals surface area contributed by atoms with Crippen molar-refractivity contribution in [3.05, 3.63) is 46.7 Å². The summed E-state index contributed by atoms with van der Waals surface area (Å²) in [6, 6.07) is 11.2. The molecule has 0 bridgehead atoms. The van der Waals surface area contributed by atoms with Gasteiger partial charge in [0.1, 0.15) is 0 Å². The van der Waals surface area contributed by atoms with Gasteiger partial charge in [-0.2, -0.15) is 0 Å². The first-order valence-electron chi connectivity index (χ1n) is 6.75. The van der Waals surface area contributed by atoms with E-state index in [1.54, 1.807) is 13.0 Å². The summed E-state index contributed by atoms with van der Waals surface area (Å²) < 4.78 is 5.66. The summed E-state index contributed by atoms with van der Waals surface area (Å²) >= 11 is 3.35. The molecule has 0 aliphatic heterocycles. The standard InChI is InChI=1S/C16H13BrN2O3/c1-2-22-16(21)14-15(20)10-8-11(17)18-13(10)12(19-14)9-6-4-3-5-7-9/h3-8,18,20H,2H2,1H3. The number of esters is 1. The number of nitrogens with one attached hydrogen (secondary N) is 1. The second kappa shape index (κ2) is 5.81. The predicted molar refractivity (Wildman–Crippen MR) is 86.9 cm³/mol. The average molecular weight is 361 g/mol. The van der Waals surface area contributed by atoms with Crippen molar-refractivity contribution >= 4 is 32.8 Å². The number of rotatable bonds is 3. The molecule has 22 heavy (non-hydrogen) atoms. The van der Waals surface area contributed by atoms with Crippen LogP contribution < -0.4 is 0 Å². The number of aromatic amines is 1. The summed E-state index contributed by atoms with van der Waals surface area (Å²) in [5.41, 5.74) is 2.00. The number of carbonyl (C=O) groups excluding carboxylic acids is 1. The number of aromatic hydroxyl groups is 1. The van der Waals surface area contributed by atoms with Crippen molar-refractivity contribution in [2.75, 3.05) is 6.61 Å². The first-order chi connectivity index (χ1) is 10.6. The second-order valence-corrected chi connectivity index (χ2v) is 5.50. The number of aromatic nitrogens is 2. The van der Waals surface area contributed by atoms with Gasteiger partial charge in [0.05, 0.1) is 22.4 Å². The van der Waals surface area contributed by atoms with Crippen LogP contribution in [0, 0.1) is 0 Å². The molecule has 5 nitrogen and oxygen atoms in total. The van der Waals surface area contributed by atoms with Crippen molar-refractivity contribution < 1.29 is 14.6 Å². The molecule has 2 N–H and O–H groups in total. The minimum absolute atomic E-state index is 0.0836. The Morgan fingerprint density at radius 2 is 2.09 bits per heavy atom. The first-order valence-corrected chi connectivity index (χ1v) is 7.54. The van der Waals surface area contributed by atoms with Crippen LogP contribution in [0.2, 0.25) is 0 Å². The SMILES string of the molecule is CCOC(=O)c1nc(-c2ccccc2)c2[nH]c(Br)cc2c1O. The lowest BCUT2D eigenvalue weighted by molar-refractivity contribution is 0.0516. The zero-order valence-corrected chi connectivity index (χ0v) is 13.3. The molecule has 0 saturated heterocycles. The van der Waals surface area contributed by atoms with Crippen LogP contribution in [-0.2, 0) is 4.74 Å². The van der Waals surface area contributed by atoms with E-state index in [9.17, 15) is 9.90 Å². The summed E-state index contributed by atoms with van der Waals surface area (Å²) in [4.78, 5) is 19.5. The van der Waals surface area contributed by atoms with Gasteiger partial charge < -0.3 is 14.8 Å². The topological polar surface area (TPSA) is 75.2 Å². The van der Waals surface area contributed by atoms with Crippen LogP contribution in [0.4, 0.5) is 0 Å². The molecule has 6 heteroatoms. The lowest BCUT2D eigenvalue weighted by atomic mass is 10.1. The molecule has 0 atom stereocenters. The minimum Gasteiger partial charge on any atom is -0.505 e. The van der Waals surface area contributed by atoms with Crippen LogP contribution in [-0.4, -0.2) is 27.7 Å². The Kier molecular flexibility index (Phi) is 3.85. The van der Waals surface area contributed by atoms with Crippen LogP contribution in [0.1, 0.15) is 17.4 Å². The zero-order valence-electron chi connectivity index (χ0n) is 11.8. The number of ether oxygens (including phenoxy) is 1. The molecule has 3 aromatic rings. The van der Waals surface area contributed by atoms with E-state index in [-0.39, 0.29) is 18.1 Å². The van der Waals surface area contributed by atoms with E-state index in [1.165, 1.54) is 0 Å². The molecule has 0 unspecified atom stereocenters. The second-order valence-electron chi connectivity index (χ2n) is 4.65. The number of pyridine rings is 1. The molecule has 0 radical (unpaired) electrons. The van der Waals surface area contributed by atoms with E-state index >= 15 is 0 Å². The van der Waals surface area contributed by atoms with Crippen molar-refractivity contribution in [2.24, 2.45) is 0 Å².